The monoisotopic (exact) mass is 363 g/mol. The lowest BCUT2D eigenvalue weighted by Crippen LogP contribution is -2.56. The van der Waals surface area contributed by atoms with Gasteiger partial charge in [0.15, 0.2) is 0 Å². The van der Waals surface area contributed by atoms with Crippen molar-refractivity contribution in [1.82, 2.24) is 9.88 Å². The Labute approximate surface area is 146 Å². The van der Waals surface area contributed by atoms with E-state index in [1.54, 1.807) is 6.07 Å². The van der Waals surface area contributed by atoms with E-state index in [9.17, 15) is 18.0 Å². The Kier molecular flexibility index (Phi) is 4.67. The Morgan fingerprint density at radius 1 is 1.23 bits per heavy atom. The van der Waals surface area contributed by atoms with Crippen LogP contribution in [0.5, 0.6) is 11.6 Å². The SMILES string of the molecule is N#Cc1ccnc(OC2CN(C(=O)c3ccc(OC(F)(F)F)cc3)C2)c1. The maximum absolute atomic E-state index is 12.3. The summed E-state index contributed by atoms with van der Waals surface area (Å²) in [5, 5.41) is 8.83. The molecule has 134 valence electrons. The lowest BCUT2D eigenvalue weighted by Gasteiger charge is -2.38. The van der Waals surface area contributed by atoms with Gasteiger partial charge in [-0.05, 0) is 30.3 Å². The molecule has 26 heavy (non-hydrogen) atoms. The number of amides is 1. The molecular formula is C17H12F3N3O3. The van der Waals surface area contributed by atoms with Crippen molar-refractivity contribution in [2.45, 2.75) is 12.5 Å². The highest BCUT2D eigenvalue weighted by Gasteiger charge is 2.34. The first-order valence-corrected chi connectivity index (χ1v) is 7.52. The second-order valence-electron chi connectivity index (χ2n) is 5.52. The third-order valence-electron chi connectivity index (χ3n) is 3.62. The predicted molar refractivity (Wildman–Crippen MR) is 82.4 cm³/mol. The zero-order valence-corrected chi connectivity index (χ0v) is 13.2. The Bertz CT molecular complexity index is 841. The van der Waals surface area contributed by atoms with Crippen molar-refractivity contribution in [3.8, 4) is 17.7 Å². The second-order valence-corrected chi connectivity index (χ2v) is 5.52. The smallest absolute Gasteiger partial charge is 0.471 e. The molecule has 1 aliphatic rings. The molecule has 0 unspecified atom stereocenters. The molecule has 0 aliphatic carbocycles. The van der Waals surface area contributed by atoms with Gasteiger partial charge in [0.05, 0.1) is 24.7 Å². The van der Waals surface area contributed by atoms with Gasteiger partial charge in [-0.2, -0.15) is 5.26 Å². The quantitative estimate of drug-likeness (QED) is 0.835. The predicted octanol–water partition coefficient (Wildman–Crippen LogP) is 2.76. The molecule has 9 heteroatoms. The summed E-state index contributed by atoms with van der Waals surface area (Å²) < 4.78 is 45.7. The lowest BCUT2D eigenvalue weighted by molar-refractivity contribution is -0.274. The molecule has 2 aromatic rings. The van der Waals surface area contributed by atoms with Crippen LogP contribution in [-0.4, -0.2) is 41.3 Å². The third-order valence-corrected chi connectivity index (χ3v) is 3.62. The van der Waals surface area contributed by atoms with Crippen LogP contribution in [0.4, 0.5) is 13.2 Å². The normalized spacial score (nSPS) is 14.3. The van der Waals surface area contributed by atoms with Gasteiger partial charge in [0.25, 0.3) is 5.91 Å². The third kappa shape index (κ3) is 4.22. The van der Waals surface area contributed by atoms with E-state index in [1.807, 2.05) is 6.07 Å². The van der Waals surface area contributed by atoms with E-state index in [0.29, 0.717) is 24.5 Å². The highest BCUT2D eigenvalue weighted by atomic mass is 19.4. The zero-order chi connectivity index (χ0) is 18.7. The first kappa shape index (κ1) is 17.5. The van der Waals surface area contributed by atoms with E-state index in [1.165, 1.54) is 29.3 Å². The largest absolute Gasteiger partial charge is 0.573 e. The van der Waals surface area contributed by atoms with Crippen LogP contribution in [-0.2, 0) is 0 Å². The minimum absolute atomic E-state index is 0.252. The molecule has 1 saturated heterocycles. The van der Waals surface area contributed by atoms with Crippen LogP contribution in [0.15, 0.2) is 42.6 Å². The van der Waals surface area contributed by atoms with Crippen LogP contribution in [0.3, 0.4) is 0 Å². The number of carbonyl (C=O) groups is 1. The number of rotatable bonds is 4. The fraction of sp³-hybridized carbons (Fsp3) is 0.235. The summed E-state index contributed by atoms with van der Waals surface area (Å²) in [5.41, 5.74) is 0.672. The number of carbonyl (C=O) groups excluding carboxylic acids is 1. The van der Waals surface area contributed by atoms with Crippen molar-refractivity contribution < 1.29 is 27.4 Å². The van der Waals surface area contributed by atoms with Gasteiger partial charge in [0, 0.05) is 17.8 Å². The molecule has 3 rings (SSSR count). The molecule has 1 aromatic heterocycles. The Morgan fingerprint density at radius 2 is 1.92 bits per heavy atom. The van der Waals surface area contributed by atoms with Crippen LogP contribution in [0, 0.1) is 11.3 Å². The average Bonchev–Trinajstić information content (AvgIpc) is 2.56. The summed E-state index contributed by atoms with van der Waals surface area (Å²) in [6, 6.07) is 9.76. The summed E-state index contributed by atoms with van der Waals surface area (Å²) in [5.74, 6) is -0.403. The Morgan fingerprint density at radius 3 is 2.54 bits per heavy atom. The summed E-state index contributed by atoms with van der Waals surface area (Å²) >= 11 is 0. The molecule has 0 atom stereocenters. The van der Waals surface area contributed by atoms with E-state index in [-0.39, 0.29) is 23.3 Å². The number of hydrogen-bond donors (Lipinski definition) is 0. The molecule has 1 fully saturated rings. The molecule has 2 heterocycles. The molecule has 6 nitrogen and oxygen atoms in total. The number of alkyl halides is 3. The fourth-order valence-electron chi connectivity index (χ4n) is 2.37. The van der Waals surface area contributed by atoms with Gasteiger partial charge in [-0.15, -0.1) is 13.2 Å². The zero-order valence-electron chi connectivity index (χ0n) is 13.2. The highest BCUT2D eigenvalue weighted by molar-refractivity contribution is 5.94. The van der Waals surface area contributed by atoms with E-state index in [0.717, 1.165) is 12.1 Å². The van der Waals surface area contributed by atoms with Crippen molar-refractivity contribution in [2.24, 2.45) is 0 Å². The minimum atomic E-state index is -4.77. The van der Waals surface area contributed by atoms with Gasteiger partial charge in [-0.3, -0.25) is 4.79 Å². The van der Waals surface area contributed by atoms with Gasteiger partial charge in [-0.25, -0.2) is 4.98 Å². The lowest BCUT2D eigenvalue weighted by atomic mass is 10.1. The van der Waals surface area contributed by atoms with E-state index in [4.69, 9.17) is 10.00 Å². The molecule has 1 aliphatic heterocycles. The highest BCUT2D eigenvalue weighted by Crippen LogP contribution is 2.24. The standard InChI is InChI=1S/C17H12F3N3O3/c18-17(19,20)26-13-3-1-12(2-4-13)16(24)23-9-14(10-23)25-15-7-11(8-21)5-6-22-15/h1-7,14H,9-10H2. The van der Waals surface area contributed by atoms with Crippen LogP contribution in [0.2, 0.25) is 0 Å². The van der Waals surface area contributed by atoms with E-state index in [2.05, 4.69) is 9.72 Å². The van der Waals surface area contributed by atoms with E-state index < -0.39 is 6.36 Å². The number of ether oxygens (including phenoxy) is 2. The molecule has 0 N–H and O–H groups in total. The van der Waals surface area contributed by atoms with Crippen molar-refractivity contribution in [1.29, 1.82) is 5.26 Å². The molecule has 0 saturated carbocycles. The Hall–Kier alpha value is -3.28. The van der Waals surface area contributed by atoms with Crippen molar-refractivity contribution in [3.63, 3.8) is 0 Å². The van der Waals surface area contributed by atoms with Gasteiger partial charge in [0.2, 0.25) is 5.88 Å². The van der Waals surface area contributed by atoms with Crippen molar-refractivity contribution in [2.75, 3.05) is 13.1 Å². The first-order chi connectivity index (χ1) is 12.3. The van der Waals surface area contributed by atoms with Gasteiger partial charge in [-0.1, -0.05) is 0 Å². The van der Waals surface area contributed by atoms with Gasteiger partial charge >= 0.3 is 6.36 Å². The number of pyridine rings is 1. The summed E-state index contributed by atoms with van der Waals surface area (Å²) in [4.78, 5) is 17.8. The number of halogens is 3. The summed E-state index contributed by atoms with van der Waals surface area (Å²) in [7, 11) is 0. The number of nitriles is 1. The molecule has 1 aromatic carbocycles. The first-order valence-electron chi connectivity index (χ1n) is 7.52. The molecule has 0 bridgehead atoms. The van der Waals surface area contributed by atoms with E-state index >= 15 is 0 Å². The second kappa shape index (κ2) is 6.92. The molecule has 0 radical (unpaired) electrons. The average molecular weight is 363 g/mol. The maximum atomic E-state index is 12.3. The molecular weight excluding hydrogens is 351 g/mol. The maximum Gasteiger partial charge on any atom is 0.573 e. The number of aromatic nitrogens is 1. The van der Waals surface area contributed by atoms with Crippen LogP contribution in [0.1, 0.15) is 15.9 Å². The molecule has 1 amide bonds. The van der Waals surface area contributed by atoms with Crippen LogP contribution < -0.4 is 9.47 Å². The minimum Gasteiger partial charge on any atom is -0.471 e. The Balaban J connectivity index is 1.54. The number of likely N-dealkylation sites (tertiary alicyclic amines) is 1. The van der Waals surface area contributed by atoms with Crippen LogP contribution >= 0.6 is 0 Å². The number of hydrogen-bond acceptors (Lipinski definition) is 5. The number of nitrogens with zero attached hydrogens (tertiary/aromatic N) is 3. The van der Waals surface area contributed by atoms with Crippen molar-refractivity contribution in [3.05, 3.63) is 53.7 Å². The van der Waals surface area contributed by atoms with Gasteiger partial charge < -0.3 is 14.4 Å². The van der Waals surface area contributed by atoms with Crippen LogP contribution in [0.25, 0.3) is 0 Å². The number of benzene rings is 1. The fourth-order valence-corrected chi connectivity index (χ4v) is 2.37. The topological polar surface area (TPSA) is 75.5 Å². The molecule has 0 spiro atoms. The van der Waals surface area contributed by atoms with Crippen molar-refractivity contribution >= 4 is 5.91 Å². The summed E-state index contributed by atoms with van der Waals surface area (Å²) in [6.45, 7) is 0.635. The van der Waals surface area contributed by atoms with Gasteiger partial charge in [0.1, 0.15) is 11.9 Å². The summed E-state index contributed by atoms with van der Waals surface area (Å²) in [6.07, 6.45) is -3.57.